The van der Waals surface area contributed by atoms with E-state index in [-0.39, 0.29) is 23.8 Å². The summed E-state index contributed by atoms with van der Waals surface area (Å²) < 4.78 is 27.9. The number of hydrogen-bond acceptors (Lipinski definition) is 3. The highest BCUT2D eigenvalue weighted by Crippen LogP contribution is 2.30. The Morgan fingerprint density at radius 3 is 2.35 bits per heavy atom. The predicted molar refractivity (Wildman–Crippen MR) is 89.1 cm³/mol. The van der Waals surface area contributed by atoms with Crippen LogP contribution in [-0.4, -0.2) is 20.5 Å². The number of sulfonamides is 1. The van der Waals surface area contributed by atoms with Gasteiger partial charge in [0.2, 0.25) is 10.0 Å². The molecule has 0 aliphatic heterocycles. The minimum Gasteiger partial charge on any atom is -0.329 e. The average molecular weight is 406 g/mol. The summed E-state index contributed by atoms with van der Waals surface area (Å²) in [6.45, 7) is 4.06. The van der Waals surface area contributed by atoms with Crippen molar-refractivity contribution in [3.8, 4) is 0 Å². The highest BCUT2D eigenvalue weighted by molar-refractivity contribution is 9.10. The summed E-state index contributed by atoms with van der Waals surface area (Å²) in [5.41, 5.74) is 5.09. The molecule has 0 heterocycles. The molecule has 20 heavy (non-hydrogen) atoms. The summed E-state index contributed by atoms with van der Waals surface area (Å²) in [5.74, 6) is 0. The number of nitrogens with one attached hydrogen (secondary N) is 1. The summed E-state index contributed by atoms with van der Waals surface area (Å²) in [4.78, 5) is 0.125. The lowest BCUT2D eigenvalue weighted by Crippen LogP contribution is -2.52. The molecule has 1 rings (SSSR count). The van der Waals surface area contributed by atoms with E-state index in [1.807, 2.05) is 13.8 Å². The van der Waals surface area contributed by atoms with Gasteiger partial charge in [-0.15, -0.1) is 12.4 Å². The van der Waals surface area contributed by atoms with Gasteiger partial charge in [-0.05, 0) is 40.9 Å². The molecule has 0 amide bonds. The van der Waals surface area contributed by atoms with E-state index in [4.69, 9.17) is 17.3 Å². The van der Waals surface area contributed by atoms with E-state index in [1.54, 1.807) is 12.1 Å². The molecule has 0 atom stereocenters. The molecule has 116 valence electrons. The van der Waals surface area contributed by atoms with Crippen molar-refractivity contribution in [3.63, 3.8) is 0 Å². The summed E-state index contributed by atoms with van der Waals surface area (Å²) in [6.07, 6.45) is 1.24. The Bertz CT molecular complexity index is 540. The molecule has 8 heteroatoms. The van der Waals surface area contributed by atoms with Crippen LogP contribution in [0.4, 0.5) is 0 Å². The quantitative estimate of drug-likeness (QED) is 0.762. The first-order chi connectivity index (χ1) is 8.82. The van der Waals surface area contributed by atoms with Gasteiger partial charge in [0.05, 0.1) is 14.4 Å². The zero-order valence-corrected chi connectivity index (χ0v) is 15.3. The highest BCUT2D eigenvalue weighted by atomic mass is 79.9. The Morgan fingerprint density at radius 1 is 1.35 bits per heavy atom. The topological polar surface area (TPSA) is 72.2 Å². The van der Waals surface area contributed by atoms with E-state index in [9.17, 15) is 8.42 Å². The summed E-state index contributed by atoms with van der Waals surface area (Å²) >= 11 is 9.14. The minimum absolute atomic E-state index is 0. The summed E-state index contributed by atoms with van der Waals surface area (Å²) in [5, 5.41) is 0.356. The molecule has 0 radical (unpaired) electrons. The lowest BCUT2D eigenvalue weighted by molar-refractivity contribution is 0.363. The molecule has 0 saturated carbocycles. The van der Waals surface area contributed by atoms with Crippen LogP contribution in [0.25, 0.3) is 0 Å². The van der Waals surface area contributed by atoms with E-state index in [0.717, 1.165) is 0 Å². The van der Waals surface area contributed by atoms with Crippen LogP contribution in [0.3, 0.4) is 0 Å². The van der Waals surface area contributed by atoms with E-state index in [2.05, 4.69) is 20.7 Å². The van der Waals surface area contributed by atoms with Crippen molar-refractivity contribution in [2.45, 2.75) is 37.1 Å². The first-order valence-corrected chi connectivity index (χ1v) is 8.65. The maximum absolute atomic E-state index is 12.4. The van der Waals surface area contributed by atoms with Gasteiger partial charge in [0.25, 0.3) is 0 Å². The monoisotopic (exact) mass is 404 g/mol. The van der Waals surface area contributed by atoms with E-state index in [0.29, 0.717) is 22.3 Å². The van der Waals surface area contributed by atoms with Crippen LogP contribution in [0, 0.1) is 0 Å². The maximum Gasteiger partial charge on any atom is 0.242 e. The fourth-order valence-electron chi connectivity index (χ4n) is 1.76. The minimum atomic E-state index is -3.67. The highest BCUT2D eigenvalue weighted by Gasteiger charge is 2.31. The smallest absolute Gasteiger partial charge is 0.242 e. The van der Waals surface area contributed by atoms with Gasteiger partial charge in [0.15, 0.2) is 0 Å². The SMILES string of the molecule is CCC(CC)(CN)NS(=O)(=O)c1cccc(Cl)c1Br.Cl. The molecule has 0 aromatic heterocycles. The van der Waals surface area contributed by atoms with Crippen molar-refractivity contribution < 1.29 is 8.42 Å². The molecule has 1 aromatic carbocycles. The first-order valence-electron chi connectivity index (χ1n) is 6.00. The van der Waals surface area contributed by atoms with Crippen LogP contribution < -0.4 is 10.5 Å². The molecule has 1 aromatic rings. The molecular weight excluding hydrogens is 387 g/mol. The van der Waals surface area contributed by atoms with Gasteiger partial charge < -0.3 is 5.73 Å². The van der Waals surface area contributed by atoms with Crippen LogP contribution in [-0.2, 0) is 10.0 Å². The van der Waals surface area contributed by atoms with Gasteiger partial charge in [-0.3, -0.25) is 0 Å². The second-order valence-electron chi connectivity index (χ2n) is 4.35. The lowest BCUT2D eigenvalue weighted by Gasteiger charge is -2.31. The fourth-order valence-corrected chi connectivity index (χ4v) is 4.55. The van der Waals surface area contributed by atoms with Gasteiger partial charge in [0, 0.05) is 12.1 Å². The Morgan fingerprint density at radius 2 is 1.90 bits per heavy atom. The standard InChI is InChI=1S/C12H18BrClN2O2S.ClH/c1-3-12(4-2,8-15)16-19(17,18)10-7-5-6-9(14)11(10)13;/h5-7,16H,3-4,8,15H2,1-2H3;1H. The van der Waals surface area contributed by atoms with Crippen LogP contribution in [0.5, 0.6) is 0 Å². The zero-order valence-electron chi connectivity index (χ0n) is 11.3. The number of rotatable bonds is 6. The van der Waals surface area contributed by atoms with Crippen molar-refractivity contribution >= 4 is 50.0 Å². The Kier molecular flexibility index (Phi) is 8.02. The van der Waals surface area contributed by atoms with Crippen molar-refractivity contribution in [1.29, 1.82) is 0 Å². The zero-order chi connectivity index (χ0) is 14.7. The van der Waals surface area contributed by atoms with Gasteiger partial charge in [-0.1, -0.05) is 31.5 Å². The van der Waals surface area contributed by atoms with Crippen molar-refractivity contribution in [3.05, 3.63) is 27.7 Å². The number of benzene rings is 1. The number of halogens is 3. The molecular formula is C12H19BrCl2N2O2S. The van der Waals surface area contributed by atoms with Gasteiger partial charge in [0.1, 0.15) is 0 Å². The van der Waals surface area contributed by atoms with Crippen LogP contribution in [0.2, 0.25) is 5.02 Å². The fraction of sp³-hybridized carbons (Fsp3) is 0.500. The molecule has 0 bridgehead atoms. The van der Waals surface area contributed by atoms with Gasteiger partial charge >= 0.3 is 0 Å². The van der Waals surface area contributed by atoms with Gasteiger partial charge in [-0.25, -0.2) is 13.1 Å². The molecule has 0 fully saturated rings. The lowest BCUT2D eigenvalue weighted by atomic mass is 9.95. The van der Waals surface area contributed by atoms with Gasteiger partial charge in [-0.2, -0.15) is 0 Å². The Labute approximate surface area is 140 Å². The second-order valence-corrected chi connectivity index (χ2v) is 7.20. The second kappa shape index (κ2) is 7.96. The number of nitrogens with two attached hydrogens (primary N) is 1. The van der Waals surface area contributed by atoms with Crippen LogP contribution in [0.1, 0.15) is 26.7 Å². The third-order valence-corrected chi connectivity index (χ3v) is 6.58. The Balaban J connectivity index is 0.00000361. The molecule has 0 spiro atoms. The average Bonchev–Trinajstić information content (AvgIpc) is 2.39. The molecule has 0 unspecified atom stereocenters. The summed E-state index contributed by atoms with van der Waals surface area (Å²) in [6, 6.07) is 4.73. The molecule has 3 N–H and O–H groups in total. The predicted octanol–water partition coefficient (Wildman–Crippen LogP) is 3.32. The van der Waals surface area contributed by atoms with E-state index < -0.39 is 15.6 Å². The van der Waals surface area contributed by atoms with E-state index >= 15 is 0 Å². The third-order valence-electron chi connectivity index (χ3n) is 3.30. The first kappa shape index (κ1) is 20.1. The van der Waals surface area contributed by atoms with Crippen molar-refractivity contribution in [1.82, 2.24) is 4.72 Å². The molecule has 0 aliphatic rings. The molecule has 0 aliphatic carbocycles. The van der Waals surface area contributed by atoms with Crippen molar-refractivity contribution in [2.75, 3.05) is 6.54 Å². The van der Waals surface area contributed by atoms with Crippen molar-refractivity contribution in [2.24, 2.45) is 5.73 Å². The van der Waals surface area contributed by atoms with Crippen LogP contribution >= 0.6 is 39.9 Å². The summed E-state index contributed by atoms with van der Waals surface area (Å²) in [7, 11) is -3.67. The third kappa shape index (κ3) is 4.32. The Hall–Kier alpha value is 0.150. The largest absolute Gasteiger partial charge is 0.329 e. The molecule has 4 nitrogen and oxygen atoms in total. The maximum atomic E-state index is 12.4. The molecule has 0 saturated heterocycles. The van der Waals surface area contributed by atoms with Crippen LogP contribution in [0.15, 0.2) is 27.6 Å². The number of hydrogen-bond donors (Lipinski definition) is 2. The van der Waals surface area contributed by atoms with E-state index in [1.165, 1.54) is 6.07 Å². The normalized spacial score (nSPS) is 12.1.